The number of rotatable bonds is 7. The van der Waals surface area contributed by atoms with Gasteiger partial charge in [-0.1, -0.05) is 6.92 Å². The molecule has 2 unspecified atom stereocenters. The van der Waals surface area contributed by atoms with Crippen LogP contribution in [0.2, 0.25) is 0 Å². The highest BCUT2D eigenvalue weighted by molar-refractivity contribution is 7.99. The van der Waals surface area contributed by atoms with E-state index in [1.54, 1.807) is 11.8 Å². The zero-order valence-electron chi connectivity index (χ0n) is 8.69. The molecule has 0 rings (SSSR count). The number of aliphatic carboxylic acids is 1. The van der Waals surface area contributed by atoms with Crippen molar-refractivity contribution in [2.24, 2.45) is 5.73 Å². The van der Waals surface area contributed by atoms with Crippen LogP contribution in [0.1, 0.15) is 26.7 Å². The molecule has 0 aliphatic heterocycles. The number of carboxylic acid groups (broad SMARTS) is 1. The Morgan fingerprint density at radius 2 is 2.21 bits per heavy atom. The third-order valence-corrected chi connectivity index (χ3v) is 3.23. The number of nitrogens with two attached hydrogens (primary N) is 1. The van der Waals surface area contributed by atoms with E-state index in [2.05, 4.69) is 0 Å². The van der Waals surface area contributed by atoms with Gasteiger partial charge in [0.15, 0.2) is 0 Å². The van der Waals surface area contributed by atoms with Crippen LogP contribution < -0.4 is 5.73 Å². The molecule has 0 heterocycles. The van der Waals surface area contributed by atoms with Crippen LogP contribution in [-0.4, -0.2) is 39.3 Å². The first-order valence-corrected chi connectivity index (χ1v) is 5.69. The summed E-state index contributed by atoms with van der Waals surface area (Å²) in [5, 5.41) is 17.7. The summed E-state index contributed by atoms with van der Waals surface area (Å²) in [6.45, 7) is 3.61. The molecule has 4 N–H and O–H groups in total. The Balaban J connectivity index is 3.59. The van der Waals surface area contributed by atoms with Crippen molar-refractivity contribution in [3.8, 4) is 0 Å². The fourth-order valence-corrected chi connectivity index (χ4v) is 1.70. The molecule has 5 heteroatoms. The molecule has 0 radical (unpaired) electrons. The molecule has 0 fully saturated rings. The molecule has 0 saturated heterocycles. The predicted octanol–water partition coefficient (Wildman–Crippen LogP) is 0.683. The fraction of sp³-hybridized carbons (Fsp3) is 0.889. The minimum Gasteiger partial charge on any atom is -0.480 e. The first kappa shape index (κ1) is 13.7. The van der Waals surface area contributed by atoms with Crippen LogP contribution in [0.25, 0.3) is 0 Å². The zero-order chi connectivity index (χ0) is 11.2. The van der Waals surface area contributed by atoms with Gasteiger partial charge in [0.25, 0.3) is 0 Å². The van der Waals surface area contributed by atoms with Gasteiger partial charge in [-0.2, -0.15) is 11.8 Å². The van der Waals surface area contributed by atoms with Crippen molar-refractivity contribution in [3.63, 3.8) is 0 Å². The van der Waals surface area contributed by atoms with Gasteiger partial charge in [-0.3, -0.25) is 4.79 Å². The molecule has 2 atom stereocenters. The summed E-state index contributed by atoms with van der Waals surface area (Å²) >= 11 is 1.63. The molecule has 0 aromatic rings. The van der Waals surface area contributed by atoms with Crippen molar-refractivity contribution in [2.45, 2.75) is 37.5 Å². The van der Waals surface area contributed by atoms with Gasteiger partial charge >= 0.3 is 5.97 Å². The first-order chi connectivity index (χ1) is 6.40. The third-order valence-electron chi connectivity index (χ3n) is 1.99. The minimum atomic E-state index is -1.12. The molecule has 0 aliphatic rings. The highest BCUT2D eigenvalue weighted by Crippen LogP contribution is 2.15. The summed E-state index contributed by atoms with van der Waals surface area (Å²) in [4.78, 5) is 10.6. The lowest BCUT2D eigenvalue weighted by Gasteiger charge is -2.18. The van der Waals surface area contributed by atoms with Crippen LogP contribution in [0.15, 0.2) is 0 Å². The summed E-state index contributed by atoms with van der Waals surface area (Å²) in [5.41, 5.74) is 4.43. The van der Waals surface area contributed by atoms with E-state index >= 15 is 0 Å². The predicted molar refractivity (Wildman–Crippen MR) is 58.5 cm³/mol. The van der Waals surface area contributed by atoms with Crippen LogP contribution in [-0.2, 0) is 4.79 Å². The standard InChI is InChI=1S/C9H19NO3S/c1-7(6-11)14-5-3-4-9(2,10)8(12)13/h7,11H,3-6,10H2,1-2H3,(H,12,13). The Morgan fingerprint density at radius 3 is 2.64 bits per heavy atom. The Morgan fingerprint density at radius 1 is 1.64 bits per heavy atom. The number of thioether (sulfide) groups is 1. The van der Waals surface area contributed by atoms with Gasteiger partial charge in [0, 0.05) is 5.25 Å². The molecule has 0 spiro atoms. The maximum Gasteiger partial charge on any atom is 0.323 e. The van der Waals surface area contributed by atoms with Gasteiger partial charge in [0.1, 0.15) is 5.54 Å². The molecule has 0 aromatic heterocycles. The SMILES string of the molecule is CC(CO)SCCCC(C)(N)C(=O)O. The van der Waals surface area contributed by atoms with Gasteiger partial charge in [0.2, 0.25) is 0 Å². The number of carboxylic acids is 1. The molecule has 0 bridgehead atoms. The van der Waals surface area contributed by atoms with Crippen molar-refractivity contribution in [1.29, 1.82) is 0 Å². The van der Waals surface area contributed by atoms with Crippen molar-refractivity contribution >= 4 is 17.7 Å². The van der Waals surface area contributed by atoms with E-state index < -0.39 is 11.5 Å². The number of aliphatic hydroxyl groups is 1. The Kier molecular flexibility index (Phi) is 6.15. The average molecular weight is 221 g/mol. The second-order valence-electron chi connectivity index (χ2n) is 3.69. The molecular formula is C9H19NO3S. The number of hydrogen-bond donors (Lipinski definition) is 3. The van der Waals surface area contributed by atoms with E-state index in [0.29, 0.717) is 6.42 Å². The van der Waals surface area contributed by atoms with Crippen LogP contribution in [0.3, 0.4) is 0 Å². The second-order valence-corrected chi connectivity index (χ2v) is 5.24. The zero-order valence-corrected chi connectivity index (χ0v) is 9.51. The largest absolute Gasteiger partial charge is 0.480 e. The van der Waals surface area contributed by atoms with Crippen LogP contribution >= 0.6 is 11.8 Å². The quantitative estimate of drug-likeness (QED) is 0.551. The normalized spacial score (nSPS) is 17.4. The Labute approximate surface area is 88.9 Å². The van der Waals surface area contributed by atoms with Gasteiger partial charge in [0.05, 0.1) is 6.61 Å². The molecule has 14 heavy (non-hydrogen) atoms. The highest BCUT2D eigenvalue weighted by atomic mass is 32.2. The van der Waals surface area contributed by atoms with E-state index in [-0.39, 0.29) is 11.9 Å². The van der Waals surface area contributed by atoms with Crippen LogP contribution in [0, 0.1) is 0 Å². The average Bonchev–Trinajstić information content (AvgIpc) is 2.11. The number of aliphatic hydroxyl groups excluding tert-OH is 1. The number of carbonyl (C=O) groups is 1. The molecular weight excluding hydrogens is 202 g/mol. The van der Waals surface area contributed by atoms with E-state index in [1.165, 1.54) is 6.92 Å². The Bertz CT molecular complexity index is 185. The summed E-state index contributed by atoms with van der Waals surface area (Å²) in [6.07, 6.45) is 1.22. The minimum absolute atomic E-state index is 0.156. The summed E-state index contributed by atoms with van der Waals surface area (Å²) < 4.78 is 0. The summed E-state index contributed by atoms with van der Waals surface area (Å²) in [7, 11) is 0. The van der Waals surface area contributed by atoms with Crippen molar-refractivity contribution < 1.29 is 15.0 Å². The van der Waals surface area contributed by atoms with Gasteiger partial charge in [-0.15, -0.1) is 0 Å². The Hall–Kier alpha value is -0.260. The highest BCUT2D eigenvalue weighted by Gasteiger charge is 2.26. The molecule has 0 saturated carbocycles. The maximum atomic E-state index is 10.6. The monoisotopic (exact) mass is 221 g/mol. The fourth-order valence-electron chi connectivity index (χ4n) is 0.884. The molecule has 4 nitrogen and oxygen atoms in total. The smallest absolute Gasteiger partial charge is 0.323 e. The first-order valence-electron chi connectivity index (χ1n) is 4.65. The van der Waals surface area contributed by atoms with Crippen molar-refractivity contribution in [2.75, 3.05) is 12.4 Å². The molecule has 84 valence electrons. The van der Waals surface area contributed by atoms with Gasteiger partial charge < -0.3 is 15.9 Å². The lowest BCUT2D eigenvalue weighted by Crippen LogP contribution is -2.44. The number of hydrogen-bond acceptors (Lipinski definition) is 4. The van der Waals surface area contributed by atoms with Crippen LogP contribution in [0.5, 0.6) is 0 Å². The third kappa shape index (κ3) is 5.47. The van der Waals surface area contributed by atoms with E-state index in [4.69, 9.17) is 15.9 Å². The second kappa shape index (κ2) is 6.27. The topological polar surface area (TPSA) is 83.5 Å². The van der Waals surface area contributed by atoms with E-state index in [1.807, 2.05) is 6.92 Å². The van der Waals surface area contributed by atoms with Crippen molar-refractivity contribution in [3.05, 3.63) is 0 Å². The van der Waals surface area contributed by atoms with Gasteiger partial charge in [-0.25, -0.2) is 0 Å². The maximum absolute atomic E-state index is 10.6. The lowest BCUT2D eigenvalue weighted by atomic mass is 9.98. The van der Waals surface area contributed by atoms with Gasteiger partial charge in [-0.05, 0) is 25.5 Å². The van der Waals surface area contributed by atoms with E-state index in [9.17, 15) is 4.79 Å². The van der Waals surface area contributed by atoms with Crippen molar-refractivity contribution in [1.82, 2.24) is 0 Å². The lowest BCUT2D eigenvalue weighted by molar-refractivity contribution is -0.142. The molecule has 0 amide bonds. The van der Waals surface area contributed by atoms with Crippen LogP contribution in [0.4, 0.5) is 0 Å². The molecule has 0 aromatic carbocycles. The summed E-state index contributed by atoms with van der Waals surface area (Å²) in [6, 6.07) is 0. The van der Waals surface area contributed by atoms with E-state index in [0.717, 1.165) is 12.2 Å². The summed E-state index contributed by atoms with van der Waals surface area (Å²) in [5.74, 6) is -0.125. The molecule has 0 aliphatic carbocycles.